The quantitative estimate of drug-likeness (QED) is 0.900. The van der Waals surface area contributed by atoms with Crippen LogP contribution in [0.4, 0.5) is 0 Å². The van der Waals surface area contributed by atoms with E-state index in [0.29, 0.717) is 5.25 Å². The lowest BCUT2D eigenvalue weighted by Crippen LogP contribution is -2.33. The van der Waals surface area contributed by atoms with Gasteiger partial charge in [0.15, 0.2) is 0 Å². The Hall–Kier alpha value is -0.240. The molecule has 2 unspecified atom stereocenters. The van der Waals surface area contributed by atoms with Crippen molar-refractivity contribution in [1.82, 2.24) is 14.3 Å². The molecule has 1 fully saturated rings. The Kier molecular flexibility index (Phi) is 4.81. The summed E-state index contributed by atoms with van der Waals surface area (Å²) in [5, 5.41) is 0.616. The first-order valence-corrected chi connectivity index (χ1v) is 9.15. The van der Waals surface area contributed by atoms with E-state index in [1.165, 1.54) is 10.9 Å². The summed E-state index contributed by atoms with van der Waals surface area (Å²) in [6.07, 6.45) is 4.21. The highest BCUT2D eigenvalue weighted by Crippen LogP contribution is 2.30. The highest BCUT2D eigenvalue weighted by Gasteiger charge is 2.31. The summed E-state index contributed by atoms with van der Waals surface area (Å²) in [7, 11) is -1.95. The van der Waals surface area contributed by atoms with Crippen LogP contribution in [0.15, 0.2) is 11.4 Å². The predicted octanol–water partition coefficient (Wildman–Crippen LogP) is 2.03. The minimum absolute atomic E-state index is 0.00729. The summed E-state index contributed by atoms with van der Waals surface area (Å²) in [6, 6.07) is -0.00729. The van der Waals surface area contributed by atoms with Gasteiger partial charge in [-0.2, -0.15) is 11.8 Å². The zero-order chi connectivity index (χ0) is 14.0. The van der Waals surface area contributed by atoms with Gasteiger partial charge in [-0.15, -0.1) is 0 Å². The van der Waals surface area contributed by atoms with Gasteiger partial charge < -0.3 is 4.57 Å². The number of aryl methyl sites for hydroxylation is 1. The lowest BCUT2D eigenvalue weighted by molar-refractivity contribution is 0.549. The summed E-state index contributed by atoms with van der Waals surface area (Å²) < 4.78 is 28.6. The Labute approximate surface area is 123 Å². The van der Waals surface area contributed by atoms with Crippen LogP contribution >= 0.6 is 23.4 Å². The number of sulfonamides is 1. The fraction of sp³-hybridized carbons (Fsp3) is 0.727. The van der Waals surface area contributed by atoms with Crippen LogP contribution in [0.1, 0.15) is 26.2 Å². The standard InChI is InChI=1S/C11H18ClN3O2S2/c1-3-18-9-5-4-8(6-9)14-19(16,17)11-10(12)15(2)7-13-11/h7-9,14H,3-6H2,1-2H3. The molecule has 0 saturated heterocycles. The Morgan fingerprint density at radius 1 is 1.58 bits per heavy atom. The van der Waals surface area contributed by atoms with Crippen LogP contribution in [0.25, 0.3) is 0 Å². The minimum Gasteiger partial charge on any atom is -0.324 e. The van der Waals surface area contributed by atoms with E-state index in [-0.39, 0.29) is 16.2 Å². The summed E-state index contributed by atoms with van der Waals surface area (Å²) in [5.74, 6) is 1.07. The number of halogens is 1. The molecule has 2 atom stereocenters. The lowest BCUT2D eigenvalue weighted by Gasteiger charge is -2.12. The maximum atomic E-state index is 12.2. The molecule has 0 spiro atoms. The second-order valence-electron chi connectivity index (χ2n) is 4.66. The molecule has 0 aliphatic heterocycles. The summed E-state index contributed by atoms with van der Waals surface area (Å²) in [5.41, 5.74) is 0. The molecule has 1 aromatic rings. The molecule has 1 N–H and O–H groups in total. The molecule has 1 aliphatic carbocycles. The second-order valence-corrected chi connectivity index (χ2v) is 8.22. The molecule has 1 saturated carbocycles. The van der Waals surface area contributed by atoms with Gasteiger partial charge in [-0.05, 0) is 25.0 Å². The van der Waals surface area contributed by atoms with E-state index < -0.39 is 10.0 Å². The molecule has 0 aromatic carbocycles. The second kappa shape index (κ2) is 6.03. The van der Waals surface area contributed by atoms with Crippen LogP contribution in [0.2, 0.25) is 5.15 Å². The first-order chi connectivity index (χ1) is 8.94. The third kappa shape index (κ3) is 3.45. The Morgan fingerprint density at radius 2 is 2.32 bits per heavy atom. The third-order valence-electron chi connectivity index (χ3n) is 3.20. The van der Waals surface area contributed by atoms with E-state index in [9.17, 15) is 8.42 Å². The van der Waals surface area contributed by atoms with Gasteiger partial charge in [0, 0.05) is 18.3 Å². The van der Waals surface area contributed by atoms with E-state index in [1.807, 2.05) is 11.8 Å². The van der Waals surface area contributed by atoms with Crippen LogP contribution in [0.3, 0.4) is 0 Å². The number of hydrogen-bond donors (Lipinski definition) is 1. The maximum Gasteiger partial charge on any atom is 0.261 e. The summed E-state index contributed by atoms with van der Waals surface area (Å²) in [4.78, 5) is 3.86. The van der Waals surface area contributed by atoms with Crippen molar-refractivity contribution in [2.45, 2.75) is 42.5 Å². The Morgan fingerprint density at radius 3 is 2.89 bits per heavy atom. The molecule has 5 nitrogen and oxygen atoms in total. The van der Waals surface area contributed by atoms with Gasteiger partial charge in [-0.25, -0.2) is 18.1 Å². The minimum atomic E-state index is -3.62. The molecule has 8 heteroatoms. The van der Waals surface area contributed by atoms with E-state index >= 15 is 0 Å². The number of nitrogens with zero attached hydrogens (tertiary/aromatic N) is 2. The van der Waals surface area contributed by atoms with Crippen molar-refractivity contribution in [3.63, 3.8) is 0 Å². The Bertz CT molecular complexity index is 544. The molecule has 2 rings (SSSR count). The van der Waals surface area contributed by atoms with Crippen molar-refractivity contribution >= 4 is 33.4 Å². The Balaban J connectivity index is 2.05. The highest BCUT2D eigenvalue weighted by atomic mass is 35.5. The zero-order valence-electron chi connectivity index (χ0n) is 11.0. The molecular weight excluding hydrogens is 306 g/mol. The van der Waals surface area contributed by atoms with Crippen LogP contribution < -0.4 is 4.72 Å². The average molecular weight is 324 g/mol. The van der Waals surface area contributed by atoms with Gasteiger partial charge in [0.25, 0.3) is 10.0 Å². The van der Waals surface area contributed by atoms with Crippen molar-refractivity contribution in [1.29, 1.82) is 0 Å². The van der Waals surface area contributed by atoms with Gasteiger partial charge in [0.2, 0.25) is 5.03 Å². The SMILES string of the molecule is CCSC1CCC(NS(=O)(=O)c2ncn(C)c2Cl)C1. The molecule has 108 valence electrons. The number of thioether (sulfide) groups is 1. The molecule has 1 heterocycles. The molecule has 1 aliphatic rings. The fourth-order valence-electron chi connectivity index (χ4n) is 2.28. The topological polar surface area (TPSA) is 64.0 Å². The van der Waals surface area contributed by atoms with Gasteiger partial charge in [0.05, 0.1) is 6.33 Å². The third-order valence-corrected chi connectivity index (χ3v) is 6.44. The van der Waals surface area contributed by atoms with Crippen LogP contribution in [-0.4, -0.2) is 35.0 Å². The van der Waals surface area contributed by atoms with Crippen molar-refractivity contribution in [2.24, 2.45) is 7.05 Å². The van der Waals surface area contributed by atoms with Gasteiger partial charge in [-0.3, -0.25) is 0 Å². The first kappa shape index (κ1) is 15.2. The molecular formula is C11H18ClN3O2S2. The molecule has 1 aromatic heterocycles. The lowest BCUT2D eigenvalue weighted by atomic mass is 10.3. The van der Waals surface area contributed by atoms with E-state index in [2.05, 4.69) is 16.6 Å². The number of imidazole rings is 1. The van der Waals surface area contributed by atoms with E-state index in [0.717, 1.165) is 25.0 Å². The van der Waals surface area contributed by atoms with Crippen LogP contribution in [-0.2, 0) is 17.1 Å². The molecule has 0 radical (unpaired) electrons. The smallest absolute Gasteiger partial charge is 0.261 e. The number of hydrogen-bond acceptors (Lipinski definition) is 4. The predicted molar refractivity (Wildman–Crippen MR) is 78.1 cm³/mol. The average Bonchev–Trinajstić information content (AvgIpc) is 2.88. The van der Waals surface area contributed by atoms with Gasteiger partial charge in [0.1, 0.15) is 5.15 Å². The van der Waals surface area contributed by atoms with Crippen molar-refractivity contribution < 1.29 is 8.42 Å². The molecule has 0 bridgehead atoms. The summed E-state index contributed by atoms with van der Waals surface area (Å²) >= 11 is 7.83. The zero-order valence-corrected chi connectivity index (χ0v) is 13.4. The fourth-order valence-corrected chi connectivity index (χ4v) is 5.14. The largest absolute Gasteiger partial charge is 0.324 e. The highest BCUT2D eigenvalue weighted by molar-refractivity contribution is 7.99. The number of aromatic nitrogens is 2. The van der Waals surface area contributed by atoms with Crippen LogP contribution in [0, 0.1) is 0 Å². The van der Waals surface area contributed by atoms with E-state index in [4.69, 9.17) is 11.6 Å². The van der Waals surface area contributed by atoms with Crippen LogP contribution in [0.5, 0.6) is 0 Å². The van der Waals surface area contributed by atoms with Crippen molar-refractivity contribution in [3.8, 4) is 0 Å². The molecule has 19 heavy (non-hydrogen) atoms. The van der Waals surface area contributed by atoms with E-state index in [1.54, 1.807) is 7.05 Å². The van der Waals surface area contributed by atoms with Crippen molar-refractivity contribution in [3.05, 3.63) is 11.5 Å². The number of rotatable bonds is 5. The van der Waals surface area contributed by atoms with Gasteiger partial charge in [-0.1, -0.05) is 18.5 Å². The number of nitrogens with one attached hydrogen (secondary N) is 1. The molecule has 0 amide bonds. The van der Waals surface area contributed by atoms with Gasteiger partial charge >= 0.3 is 0 Å². The monoisotopic (exact) mass is 323 g/mol. The summed E-state index contributed by atoms with van der Waals surface area (Å²) in [6.45, 7) is 2.12. The maximum absolute atomic E-state index is 12.2. The normalized spacial score (nSPS) is 23.9. The van der Waals surface area contributed by atoms with Crippen molar-refractivity contribution in [2.75, 3.05) is 5.75 Å². The first-order valence-electron chi connectivity index (χ1n) is 6.24.